The smallest absolute Gasteiger partial charge is 0.261 e. The van der Waals surface area contributed by atoms with Crippen LogP contribution in [0.5, 0.6) is 5.75 Å². The second-order valence-corrected chi connectivity index (χ2v) is 11.2. The van der Waals surface area contributed by atoms with Gasteiger partial charge in [0.05, 0.1) is 16.4 Å². The molecule has 0 unspecified atom stereocenters. The summed E-state index contributed by atoms with van der Waals surface area (Å²) in [6.45, 7) is 2.98. The van der Waals surface area contributed by atoms with Gasteiger partial charge in [-0.3, -0.25) is 14.2 Å². The predicted molar refractivity (Wildman–Crippen MR) is 134 cm³/mol. The van der Waals surface area contributed by atoms with Crippen molar-refractivity contribution in [1.29, 1.82) is 0 Å². The highest BCUT2D eigenvalue weighted by molar-refractivity contribution is 7.93. The maximum absolute atomic E-state index is 12.8. The number of benzene rings is 3. The normalized spacial score (nSPS) is 14.1. The minimum Gasteiger partial charge on any atom is -0.494 e. The molecule has 1 amide bonds. The van der Waals surface area contributed by atoms with Gasteiger partial charge in [-0.2, -0.15) is 0 Å². The molecule has 9 nitrogen and oxygen atoms in total. The standard InChI is InChI=1S/C24H25N3O6S2/c1-2-33-21-11-5-18(6-12-21)25-34(29,30)22-13-7-19(8-14-22)26-35(31,32)23-15-9-20(10-16-23)27-17-3-4-24(27)28/h5-16,25-26H,2-4,17H2,1H3. The Kier molecular flexibility index (Phi) is 6.99. The third-order valence-electron chi connectivity index (χ3n) is 5.37. The van der Waals surface area contributed by atoms with E-state index in [0.29, 0.717) is 36.7 Å². The summed E-state index contributed by atoms with van der Waals surface area (Å²) in [5.74, 6) is 0.650. The molecular formula is C24H25N3O6S2. The van der Waals surface area contributed by atoms with Crippen LogP contribution in [0.3, 0.4) is 0 Å². The molecule has 0 radical (unpaired) electrons. The average molecular weight is 516 g/mol. The lowest BCUT2D eigenvalue weighted by molar-refractivity contribution is -0.117. The highest BCUT2D eigenvalue weighted by Crippen LogP contribution is 2.25. The third-order valence-corrected chi connectivity index (χ3v) is 8.16. The van der Waals surface area contributed by atoms with Gasteiger partial charge >= 0.3 is 0 Å². The summed E-state index contributed by atoms with van der Waals surface area (Å²) in [5.41, 5.74) is 1.24. The third kappa shape index (κ3) is 5.75. The Morgan fingerprint density at radius 2 is 1.26 bits per heavy atom. The van der Waals surface area contributed by atoms with Gasteiger partial charge in [0.2, 0.25) is 5.91 Å². The molecule has 0 bridgehead atoms. The summed E-state index contributed by atoms with van der Waals surface area (Å²) in [6, 6.07) is 18.0. The SMILES string of the molecule is CCOc1ccc(NS(=O)(=O)c2ccc(NS(=O)(=O)c3ccc(N4CCCC4=O)cc3)cc2)cc1. The molecule has 0 aliphatic carbocycles. The first-order valence-electron chi connectivity index (χ1n) is 11.0. The van der Waals surface area contributed by atoms with Crippen LogP contribution in [0.15, 0.2) is 82.6 Å². The maximum atomic E-state index is 12.8. The molecular weight excluding hydrogens is 490 g/mol. The van der Waals surface area contributed by atoms with Gasteiger partial charge in [0.25, 0.3) is 20.0 Å². The monoisotopic (exact) mass is 515 g/mol. The van der Waals surface area contributed by atoms with E-state index >= 15 is 0 Å². The molecule has 2 N–H and O–H groups in total. The molecule has 11 heteroatoms. The molecule has 1 aliphatic rings. The van der Waals surface area contributed by atoms with Gasteiger partial charge in [0, 0.05) is 30.0 Å². The number of rotatable bonds is 9. The summed E-state index contributed by atoms with van der Waals surface area (Å²) < 4.78 is 61.2. The number of nitrogens with zero attached hydrogens (tertiary/aromatic N) is 1. The molecule has 3 aromatic carbocycles. The predicted octanol–water partition coefficient (Wildman–Crippen LogP) is 3.81. The van der Waals surface area contributed by atoms with Gasteiger partial charge in [0.1, 0.15) is 5.75 Å². The van der Waals surface area contributed by atoms with E-state index in [4.69, 9.17) is 4.74 Å². The van der Waals surface area contributed by atoms with Crippen molar-refractivity contribution in [2.75, 3.05) is 27.5 Å². The summed E-state index contributed by atoms with van der Waals surface area (Å²) >= 11 is 0. The fraction of sp³-hybridized carbons (Fsp3) is 0.208. The Balaban J connectivity index is 1.43. The zero-order chi connectivity index (χ0) is 25.1. The fourth-order valence-electron chi connectivity index (χ4n) is 3.64. The van der Waals surface area contributed by atoms with Crippen LogP contribution in [-0.4, -0.2) is 35.9 Å². The van der Waals surface area contributed by atoms with Gasteiger partial charge in [-0.05, 0) is 86.1 Å². The molecule has 4 rings (SSSR count). The highest BCUT2D eigenvalue weighted by Gasteiger charge is 2.23. The topological polar surface area (TPSA) is 122 Å². The van der Waals surface area contributed by atoms with Crippen molar-refractivity contribution in [3.05, 3.63) is 72.8 Å². The minimum absolute atomic E-state index is 0.0192. The number of hydrogen-bond acceptors (Lipinski definition) is 6. The zero-order valence-corrected chi connectivity index (χ0v) is 20.6. The number of carbonyl (C=O) groups excluding carboxylic acids is 1. The van der Waals surface area contributed by atoms with E-state index in [1.165, 1.54) is 36.4 Å². The second kappa shape index (κ2) is 9.96. The van der Waals surface area contributed by atoms with Crippen LogP contribution in [-0.2, 0) is 24.8 Å². The first kappa shape index (κ1) is 24.6. The molecule has 1 fully saturated rings. The quantitative estimate of drug-likeness (QED) is 0.447. The lowest BCUT2D eigenvalue weighted by Crippen LogP contribution is -2.23. The van der Waals surface area contributed by atoms with E-state index in [0.717, 1.165) is 6.42 Å². The molecule has 0 aromatic heterocycles. The molecule has 1 aliphatic heterocycles. The summed E-state index contributed by atoms with van der Waals surface area (Å²) in [5, 5.41) is 0. The molecule has 184 valence electrons. The Morgan fingerprint density at radius 1 is 0.771 bits per heavy atom. The molecule has 1 saturated heterocycles. The summed E-state index contributed by atoms with van der Waals surface area (Å²) in [7, 11) is -7.77. The zero-order valence-electron chi connectivity index (χ0n) is 19.0. The van der Waals surface area contributed by atoms with Gasteiger partial charge in [0.15, 0.2) is 0 Å². The van der Waals surface area contributed by atoms with Crippen LogP contribution < -0.4 is 19.1 Å². The van der Waals surface area contributed by atoms with Gasteiger partial charge in [-0.25, -0.2) is 16.8 Å². The van der Waals surface area contributed by atoms with Crippen molar-refractivity contribution >= 4 is 43.0 Å². The molecule has 3 aromatic rings. The van der Waals surface area contributed by atoms with E-state index in [-0.39, 0.29) is 21.4 Å². The molecule has 0 saturated carbocycles. The number of amides is 1. The van der Waals surface area contributed by atoms with Crippen molar-refractivity contribution in [2.24, 2.45) is 0 Å². The minimum atomic E-state index is -3.90. The van der Waals surface area contributed by atoms with Crippen LogP contribution in [0.4, 0.5) is 17.1 Å². The Hall–Kier alpha value is -3.57. The van der Waals surface area contributed by atoms with Crippen molar-refractivity contribution in [1.82, 2.24) is 0 Å². The average Bonchev–Trinajstić information content (AvgIpc) is 3.26. The van der Waals surface area contributed by atoms with E-state index in [2.05, 4.69) is 9.44 Å². The highest BCUT2D eigenvalue weighted by atomic mass is 32.2. The Labute approximate surface area is 204 Å². The number of hydrogen-bond donors (Lipinski definition) is 2. The lowest BCUT2D eigenvalue weighted by atomic mass is 10.3. The first-order valence-corrected chi connectivity index (χ1v) is 13.9. The van der Waals surface area contributed by atoms with E-state index < -0.39 is 20.0 Å². The summed E-state index contributed by atoms with van der Waals surface area (Å²) in [4.78, 5) is 13.5. The molecule has 0 spiro atoms. The number of ether oxygens (including phenoxy) is 1. The number of carbonyl (C=O) groups is 1. The van der Waals surface area contributed by atoms with Gasteiger partial charge in [-0.1, -0.05) is 0 Å². The maximum Gasteiger partial charge on any atom is 0.261 e. The number of sulfonamides is 2. The Bertz CT molecular complexity index is 1400. The largest absolute Gasteiger partial charge is 0.494 e. The van der Waals surface area contributed by atoms with Gasteiger partial charge in [-0.15, -0.1) is 0 Å². The Morgan fingerprint density at radius 3 is 1.71 bits per heavy atom. The van der Waals surface area contributed by atoms with E-state index in [9.17, 15) is 21.6 Å². The number of nitrogens with one attached hydrogen (secondary N) is 2. The van der Waals surface area contributed by atoms with Crippen LogP contribution in [0.2, 0.25) is 0 Å². The second-order valence-electron chi connectivity index (χ2n) is 7.84. The summed E-state index contributed by atoms with van der Waals surface area (Å²) in [6.07, 6.45) is 1.27. The van der Waals surface area contributed by atoms with E-state index in [1.54, 1.807) is 41.3 Å². The molecule has 1 heterocycles. The fourth-order valence-corrected chi connectivity index (χ4v) is 5.76. The van der Waals surface area contributed by atoms with Crippen LogP contribution >= 0.6 is 0 Å². The van der Waals surface area contributed by atoms with Crippen molar-refractivity contribution in [2.45, 2.75) is 29.6 Å². The van der Waals surface area contributed by atoms with Crippen LogP contribution in [0.1, 0.15) is 19.8 Å². The van der Waals surface area contributed by atoms with Gasteiger partial charge < -0.3 is 9.64 Å². The number of anilines is 3. The van der Waals surface area contributed by atoms with Crippen molar-refractivity contribution in [3.8, 4) is 5.75 Å². The first-order chi connectivity index (χ1) is 16.7. The van der Waals surface area contributed by atoms with Crippen LogP contribution in [0.25, 0.3) is 0 Å². The van der Waals surface area contributed by atoms with Crippen molar-refractivity contribution < 1.29 is 26.4 Å². The van der Waals surface area contributed by atoms with E-state index in [1.807, 2.05) is 6.92 Å². The molecule has 35 heavy (non-hydrogen) atoms. The van der Waals surface area contributed by atoms with Crippen molar-refractivity contribution in [3.63, 3.8) is 0 Å². The molecule has 0 atom stereocenters. The lowest BCUT2D eigenvalue weighted by Gasteiger charge is -2.16. The van der Waals surface area contributed by atoms with Crippen LogP contribution in [0, 0.1) is 0 Å².